The highest BCUT2D eigenvalue weighted by Crippen LogP contribution is 2.28. The van der Waals surface area contributed by atoms with Crippen molar-refractivity contribution in [3.63, 3.8) is 0 Å². The fourth-order valence-corrected chi connectivity index (χ4v) is 1.42. The first-order valence-electron chi connectivity index (χ1n) is 5.18. The number of cyclic esters (lactones) is 1. The number of allylic oxidation sites excluding steroid dienone is 1. The highest BCUT2D eigenvalue weighted by atomic mass is 16.6. The average molecular weight is 194 g/mol. The van der Waals surface area contributed by atoms with Gasteiger partial charge in [0.05, 0.1) is 0 Å². The fourth-order valence-electron chi connectivity index (χ4n) is 1.42. The summed E-state index contributed by atoms with van der Waals surface area (Å²) in [4.78, 5) is 11.0. The summed E-state index contributed by atoms with van der Waals surface area (Å²) in [7, 11) is 0. The maximum absolute atomic E-state index is 11.0. The first-order valence-corrected chi connectivity index (χ1v) is 5.18. The second-order valence-electron chi connectivity index (χ2n) is 4.08. The van der Waals surface area contributed by atoms with E-state index in [1.54, 1.807) is 6.08 Å². The maximum atomic E-state index is 11.0. The molecule has 1 aliphatic rings. The van der Waals surface area contributed by atoms with Crippen molar-refractivity contribution < 1.29 is 9.53 Å². The third-order valence-corrected chi connectivity index (χ3v) is 2.35. The fraction of sp³-hybridized carbons (Fsp3) is 0.583. The van der Waals surface area contributed by atoms with Crippen molar-refractivity contribution in [3.8, 4) is 0 Å². The lowest BCUT2D eigenvalue weighted by molar-refractivity contribution is -0.143. The molecule has 0 atom stereocenters. The molecule has 1 aliphatic heterocycles. The molecular formula is C12H18O2. The normalized spacial score (nSPS) is 19.9. The largest absolute Gasteiger partial charge is 0.452 e. The standard InChI is InChI=1S/C12H18O2/c1-4-5-6-7-8-10-9-11(13)14-12(10,2)3/h7-9H,4-6H2,1-3H3/b8-7+. The molecule has 1 rings (SSSR count). The molecule has 0 aromatic carbocycles. The molecule has 0 radical (unpaired) electrons. The van der Waals surface area contributed by atoms with Crippen molar-refractivity contribution in [2.45, 2.75) is 45.6 Å². The van der Waals surface area contributed by atoms with Crippen LogP contribution in [-0.2, 0) is 9.53 Å². The Bertz CT molecular complexity index is 272. The van der Waals surface area contributed by atoms with Gasteiger partial charge in [-0.15, -0.1) is 0 Å². The summed E-state index contributed by atoms with van der Waals surface area (Å²) in [5.74, 6) is -0.231. The molecule has 0 N–H and O–H groups in total. The molecule has 2 heteroatoms. The van der Waals surface area contributed by atoms with E-state index in [0.29, 0.717) is 0 Å². The Hall–Kier alpha value is -1.05. The van der Waals surface area contributed by atoms with E-state index in [0.717, 1.165) is 12.0 Å². The quantitative estimate of drug-likeness (QED) is 0.508. The number of esters is 1. The van der Waals surface area contributed by atoms with E-state index < -0.39 is 5.60 Å². The van der Waals surface area contributed by atoms with Crippen LogP contribution in [0.1, 0.15) is 40.0 Å². The predicted molar refractivity (Wildman–Crippen MR) is 56.9 cm³/mol. The molecule has 0 bridgehead atoms. The van der Waals surface area contributed by atoms with Gasteiger partial charge in [-0.1, -0.05) is 31.9 Å². The molecule has 0 aromatic heterocycles. The molecule has 0 unspecified atom stereocenters. The van der Waals surface area contributed by atoms with Crippen LogP contribution in [0.5, 0.6) is 0 Å². The van der Waals surface area contributed by atoms with Gasteiger partial charge in [-0.3, -0.25) is 0 Å². The Kier molecular flexibility index (Phi) is 3.50. The lowest BCUT2D eigenvalue weighted by Gasteiger charge is -2.19. The van der Waals surface area contributed by atoms with Crippen LogP contribution in [0, 0.1) is 0 Å². The van der Waals surface area contributed by atoms with Gasteiger partial charge in [0, 0.05) is 11.6 Å². The first-order chi connectivity index (χ1) is 6.56. The summed E-state index contributed by atoms with van der Waals surface area (Å²) in [6.07, 6.45) is 9.14. The molecule has 0 amide bonds. The highest BCUT2D eigenvalue weighted by molar-refractivity contribution is 5.87. The van der Waals surface area contributed by atoms with Crippen LogP contribution >= 0.6 is 0 Å². The van der Waals surface area contributed by atoms with Gasteiger partial charge in [0.25, 0.3) is 0 Å². The number of hydrogen-bond acceptors (Lipinski definition) is 2. The van der Waals surface area contributed by atoms with Gasteiger partial charge >= 0.3 is 5.97 Å². The lowest BCUT2D eigenvalue weighted by Crippen LogP contribution is -2.22. The maximum Gasteiger partial charge on any atom is 0.332 e. The summed E-state index contributed by atoms with van der Waals surface area (Å²) < 4.78 is 5.14. The van der Waals surface area contributed by atoms with Gasteiger partial charge in [-0.25, -0.2) is 4.79 Å². The van der Waals surface area contributed by atoms with Gasteiger partial charge in [0.2, 0.25) is 0 Å². The SMILES string of the molecule is CCCC/C=C/C1=CC(=O)OC1(C)C. The minimum atomic E-state index is -0.445. The molecule has 0 spiro atoms. The number of carbonyl (C=O) groups excluding carboxylic acids is 1. The van der Waals surface area contributed by atoms with Crippen molar-refractivity contribution in [1.82, 2.24) is 0 Å². The topological polar surface area (TPSA) is 26.3 Å². The van der Waals surface area contributed by atoms with Gasteiger partial charge < -0.3 is 4.74 Å². The second-order valence-corrected chi connectivity index (χ2v) is 4.08. The summed E-state index contributed by atoms with van der Waals surface area (Å²) in [5, 5.41) is 0. The van der Waals surface area contributed by atoms with Gasteiger partial charge in [0.1, 0.15) is 5.60 Å². The van der Waals surface area contributed by atoms with Crippen LogP contribution in [0.4, 0.5) is 0 Å². The van der Waals surface area contributed by atoms with E-state index >= 15 is 0 Å². The van der Waals surface area contributed by atoms with Crippen molar-refractivity contribution >= 4 is 5.97 Å². The highest BCUT2D eigenvalue weighted by Gasteiger charge is 2.31. The van der Waals surface area contributed by atoms with Crippen molar-refractivity contribution in [3.05, 3.63) is 23.8 Å². The molecule has 0 saturated carbocycles. The molecule has 0 aromatic rings. The van der Waals surface area contributed by atoms with Crippen LogP contribution in [0.3, 0.4) is 0 Å². The Labute approximate surface area is 85.6 Å². The summed E-state index contributed by atoms with van der Waals surface area (Å²) in [6.45, 7) is 5.99. The number of ether oxygens (including phenoxy) is 1. The molecule has 78 valence electrons. The smallest absolute Gasteiger partial charge is 0.332 e. The molecule has 14 heavy (non-hydrogen) atoms. The van der Waals surface area contributed by atoms with Crippen LogP contribution in [0.2, 0.25) is 0 Å². The average Bonchev–Trinajstić information content (AvgIpc) is 2.33. The molecule has 2 nitrogen and oxygen atoms in total. The van der Waals surface area contributed by atoms with E-state index in [9.17, 15) is 4.79 Å². The second kappa shape index (κ2) is 4.45. The summed E-state index contributed by atoms with van der Waals surface area (Å²) in [6, 6.07) is 0. The van der Waals surface area contributed by atoms with Crippen LogP contribution < -0.4 is 0 Å². The zero-order valence-corrected chi connectivity index (χ0v) is 9.17. The molecule has 1 heterocycles. The Balaban J connectivity index is 2.55. The van der Waals surface area contributed by atoms with Crippen molar-refractivity contribution in [2.24, 2.45) is 0 Å². The molecule has 0 aliphatic carbocycles. The lowest BCUT2D eigenvalue weighted by atomic mass is 9.99. The third kappa shape index (κ3) is 2.72. The Morgan fingerprint density at radius 1 is 1.50 bits per heavy atom. The van der Waals surface area contributed by atoms with E-state index in [1.807, 2.05) is 19.9 Å². The number of carbonyl (C=O) groups is 1. The zero-order chi connectivity index (χ0) is 10.6. The van der Waals surface area contributed by atoms with E-state index in [4.69, 9.17) is 4.74 Å². The van der Waals surface area contributed by atoms with Crippen LogP contribution in [0.25, 0.3) is 0 Å². The van der Waals surface area contributed by atoms with Crippen LogP contribution in [-0.4, -0.2) is 11.6 Å². The van der Waals surface area contributed by atoms with Crippen molar-refractivity contribution in [2.75, 3.05) is 0 Å². The van der Waals surface area contributed by atoms with Crippen molar-refractivity contribution in [1.29, 1.82) is 0 Å². The minimum absolute atomic E-state index is 0.231. The predicted octanol–water partition coefficient (Wildman–Crippen LogP) is 2.99. The zero-order valence-electron chi connectivity index (χ0n) is 9.17. The summed E-state index contributed by atoms with van der Waals surface area (Å²) in [5.41, 5.74) is 0.526. The molecule has 0 saturated heterocycles. The first kappa shape index (κ1) is 11.0. The number of rotatable bonds is 4. The minimum Gasteiger partial charge on any atom is -0.452 e. The molecular weight excluding hydrogens is 176 g/mol. The van der Waals surface area contributed by atoms with Gasteiger partial charge in [-0.2, -0.15) is 0 Å². The number of hydrogen-bond donors (Lipinski definition) is 0. The Morgan fingerprint density at radius 2 is 2.21 bits per heavy atom. The third-order valence-electron chi connectivity index (χ3n) is 2.35. The monoisotopic (exact) mass is 194 g/mol. The van der Waals surface area contributed by atoms with E-state index in [2.05, 4.69) is 13.0 Å². The van der Waals surface area contributed by atoms with Crippen LogP contribution in [0.15, 0.2) is 23.8 Å². The van der Waals surface area contributed by atoms with Gasteiger partial charge in [-0.05, 0) is 20.3 Å². The van der Waals surface area contributed by atoms with E-state index in [-0.39, 0.29) is 5.97 Å². The van der Waals surface area contributed by atoms with E-state index in [1.165, 1.54) is 12.8 Å². The Morgan fingerprint density at radius 3 is 2.71 bits per heavy atom. The van der Waals surface area contributed by atoms with Gasteiger partial charge in [0.15, 0.2) is 0 Å². The summed E-state index contributed by atoms with van der Waals surface area (Å²) >= 11 is 0. The molecule has 0 fully saturated rings. The number of unbranched alkanes of at least 4 members (excludes halogenated alkanes) is 2.